The van der Waals surface area contributed by atoms with E-state index < -0.39 is 19.3 Å². The Balaban J connectivity index is 1.72. The molecule has 180 valence electrons. The molecule has 1 aromatic heterocycles. The summed E-state index contributed by atoms with van der Waals surface area (Å²) in [7, 11) is -2.03. The molecular weight excluding hydrogens is 480 g/mol. The zero-order valence-electron chi connectivity index (χ0n) is 19.4. The fraction of sp³-hybridized carbons (Fsp3) is 0.571. The number of hydrogen-bond donors (Lipinski definition) is 1. The standard InChI is InChI=1S/C21H30N4O5S2Si/c1-21(2,3)33(4,5)30-16-10-17(18(31)19-23-22-13-32-19)24(11-16)20(26)29-12-14-6-8-15(9-7-14)25(27)28/h6-9,13,16-18,31H,10-12H2,1-5H3/t16-,17+,18?/m1/s1. The number of non-ortho nitro benzene ring substituents is 1. The minimum atomic E-state index is -2.03. The predicted molar refractivity (Wildman–Crippen MR) is 132 cm³/mol. The number of carbonyl (C=O) groups is 1. The van der Waals surface area contributed by atoms with Crippen molar-refractivity contribution in [1.29, 1.82) is 0 Å². The maximum atomic E-state index is 13.1. The van der Waals surface area contributed by atoms with E-state index in [1.807, 2.05) is 0 Å². The normalized spacial score (nSPS) is 20.0. The van der Waals surface area contributed by atoms with Crippen LogP contribution in [0.25, 0.3) is 0 Å². The number of thiol groups is 1. The van der Waals surface area contributed by atoms with E-state index in [9.17, 15) is 14.9 Å². The van der Waals surface area contributed by atoms with Crippen LogP contribution in [0.2, 0.25) is 18.1 Å². The summed E-state index contributed by atoms with van der Waals surface area (Å²) < 4.78 is 12.2. The molecule has 0 N–H and O–H groups in total. The van der Waals surface area contributed by atoms with Crippen LogP contribution in [0.5, 0.6) is 0 Å². The SMILES string of the molecule is CC(C)(C)[Si](C)(C)O[C@@H]1C[C@@H](C(S)c2nncs2)N(C(=O)OCc2ccc([N+](=O)[O-])cc2)C1. The summed E-state index contributed by atoms with van der Waals surface area (Å²) in [4.78, 5) is 25.1. The first-order chi connectivity index (χ1) is 15.4. The van der Waals surface area contributed by atoms with Crippen molar-refractivity contribution < 1.29 is 18.9 Å². The molecule has 1 aliphatic heterocycles. The van der Waals surface area contributed by atoms with Gasteiger partial charge < -0.3 is 14.1 Å². The van der Waals surface area contributed by atoms with Crippen LogP contribution in [0, 0.1) is 10.1 Å². The zero-order chi connectivity index (χ0) is 24.4. The fourth-order valence-electron chi connectivity index (χ4n) is 3.43. The number of nitrogens with zero attached hydrogens (tertiary/aromatic N) is 4. The quantitative estimate of drug-likeness (QED) is 0.235. The average Bonchev–Trinajstić information content (AvgIpc) is 3.41. The van der Waals surface area contributed by atoms with E-state index in [4.69, 9.17) is 21.8 Å². The molecule has 1 fully saturated rings. The van der Waals surface area contributed by atoms with Crippen LogP contribution >= 0.6 is 24.0 Å². The second kappa shape index (κ2) is 10.1. The molecule has 2 aromatic rings. The molecule has 1 saturated heterocycles. The lowest BCUT2D eigenvalue weighted by Crippen LogP contribution is -2.45. The molecule has 0 radical (unpaired) electrons. The summed E-state index contributed by atoms with van der Waals surface area (Å²) in [6.07, 6.45) is 0.0426. The third kappa shape index (κ3) is 6.11. The molecule has 3 rings (SSSR count). The van der Waals surface area contributed by atoms with Gasteiger partial charge in [0.2, 0.25) is 0 Å². The maximum absolute atomic E-state index is 13.1. The predicted octanol–water partition coefficient (Wildman–Crippen LogP) is 5.22. The third-order valence-corrected chi connectivity index (χ3v) is 12.4. The summed E-state index contributed by atoms with van der Waals surface area (Å²) in [6.45, 7) is 11.4. The second-order valence-corrected chi connectivity index (χ2v) is 15.8. The van der Waals surface area contributed by atoms with Crippen molar-refractivity contribution in [3.63, 3.8) is 0 Å². The van der Waals surface area contributed by atoms with Gasteiger partial charge in [0.05, 0.1) is 22.3 Å². The van der Waals surface area contributed by atoms with Crippen molar-refractivity contribution in [3.8, 4) is 0 Å². The summed E-state index contributed by atoms with van der Waals surface area (Å²) >= 11 is 6.16. The van der Waals surface area contributed by atoms with Gasteiger partial charge in [0.1, 0.15) is 17.1 Å². The van der Waals surface area contributed by atoms with Crippen LogP contribution in [-0.2, 0) is 15.8 Å². The highest BCUT2D eigenvalue weighted by Crippen LogP contribution is 2.41. The number of benzene rings is 1. The number of carbonyl (C=O) groups excluding carboxylic acids is 1. The molecule has 3 atom stereocenters. The molecule has 12 heteroatoms. The summed E-state index contributed by atoms with van der Waals surface area (Å²) in [5, 5.41) is 19.3. The Hall–Kier alpha value is -2.02. The number of nitro groups is 1. The minimum Gasteiger partial charge on any atom is -0.445 e. The van der Waals surface area contributed by atoms with Crippen molar-refractivity contribution in [1.82, 2.24) is 15.1 Å². The van der Waals surface area contributed by atoms with Gasteiger partial charge in [-0.05, 0) is 42.2 Å². The second-order valence-electron chi connectivity index (χ2n) is 9.66. The van der Waals surface area contributed by atoms with Gasteiger partial charge in [-0.3, -0.25) is 10.1 Å². The lowest BCUT2D eigenvalue weighted by Gasteiger charge is -2.38. The smallest absolute Gasteiger partial charge is 0.410 e. The lowest BCUT2D eigenvalue weighted by atomic mass is 10.1. The van der Waals surface area contributed by atoms with Gasteiger partial charge in [-0.1, -0.05) is 20.8 Å². The Morgan fingerprint density at radius 3 is 2.58 bits per heavy atom. The molecule has 1 amide bonds. The Bertz CT molecular complexity index is 966. The lowest BCUT2D eigenvalue weighted by molar-refractivity contribution is -0.384. The van der Waals surface area contributed by atoms with E-state index in [0.717, 1.165) is 5.01 Å². The zero-order valence-corrected chi connectivity index (χ0v) is 22.1. The minimum absolute atomic E-state index is 0.00900. The van der Waals surface area contributed by atoms with Crippen LogP contribution in [-0.4, -0.2) is 53.1 Å². The first-order valence-corrected chi connectivity index (χ1v) is 15.0. The maximum Gasteiger partial charge on any atom is 0.410 e. The number of rotatable bonds is 7. The molecule has 0 aliphatic carbocycles. The topological polar surface area (TPSA) is 108 Å². The number of aromatic nitrogens is 2. The Morgan fingerprint density at radius 2 is 2.03 bits per heavy atom. The van der Waals surface area contributed by atoms with Gasteiger partial charge in [-0.15, -0.1) is 21.5 Å². The van der Waals surface area contributed by atoms with Crippen molar-refractivity contribution >= 4 is 44.1 Å². The Morgan fingerprint density at radius 1 is 1.36 bits per heavy atom. The van der Waals surface area contributed by atoms with Gasteiger partial charge in [0.15, 0.2) is 8.32 Å². The monoisotopic (exact) mass is 510 g/mol. The van der Waals surface area contributed by atoms with E-state index in [-0.39, 0.29) is 34.7 Å². The first-order valence-electron chi connectivity index (χ1n) is 10.7. The van der Waals surface area contributed by atoms with Crippen molar-refractivity contribution in [2.75, 3.05) is 6.54 Å². The van der Waals surface area contributed by atoms with Crippen molar-refractivity contribution in [2.24, 2.45) is 0 Å². The number of ether oxygens (including phenoxy) is 1. The van der Waals surface area contributed by atoms with E-state index in [1.165, 1.54) is 23.5 Å². The van der Waals surface area contributed by atoms with Crippen molar-refractivity contribution in [3.05, 3.63) is 50.5 Å². The number of likely N-dealkylation sites (tertiary alicyclic amines) is 1. The Labute approximate surface area is 204 Å². The largest absolute Gasteiger partial charge is 0.445 e. The van der Waals surface area contributed by atoms with Gasteiger partial charge in [-0.2, -0.15) is 12.6 Å². The van der Waals surface area contributed by atoms with Crippen LogP contribution < -0.4 is 0 Å². The highest BCUT2D eigenvalue weighted by molar-refractivity contribution is 7.80. The van der Waals surface area contributed by atoms with E-state index in [2.05, 4.69) is 44.1 Å². The summed E-state index contributed by atoms with van der Waals surface area (Å²) in [5.74, 6) is 0. The van der Waals surface area contributed by atoms with Gasteiger partial charge in [-0.25, -0.2) is 4.79 Å². The van der Waals surface area contributed by atoms with Crippen molar-refractivity contribution in [2.45, 2.75) is 69.3 Å². The van der Waals surface area contributed by atoms with Crippen LogP contribution in [0.3, 0.4) is 0 Å². The molecular formula is C21H30N4O5S2Si. The van der Waals surface area contributed by atoms with E-state index >= 15 is 0 Å². The molecule has 1 aliphatic rings. The molecule has 33 heavy (non-hydrogen) atoms. The summed E-state index contributed by atoms with van der Waals surface area (Å²) in [6, 6.07) is 5.70. The first kappa shape index (κ1) is 25.6. The molecule has 2 heterocycles. The number of nitro benzene ring substituents is 1. The molecule has 0 saturated carbocycles. The molecule has 0 bridgehead atoms. The van der Waals surface area contributed by atoms with E-state index in [1.54, 1.807) is 22.5 Å². The number of hydrogen-bond acceptors (Lipinski definition) is 9. The molecule has 1 aromatic carbocycles. The molecule has 1 unspecified atom stereocenters. The highest BCUT2D eigenvalue weighted by atomic mass is 32.1. The highest BCUT2D eigenvalue weighted by Gasteiger charge is 2.46. The van der Waals surface area contributed by atoms with Gasteiger partial charge in [0, 0.05) is 18.7 Å². The number of amides is 1. The van der Waals surface area contributed by atoms with Crippen LogP contribution in [0.1, 0.15) is 43.0 Å². The van der Waals surface area contributed by atoms with Crippen LogP contribution in [0.15, 0.2) is 29.8 Å². The third-order valence-electron chi connectivity index (χ3n) is 6.31. The van der Waals surface area contributed by atoms with Gasteiger partial charge >= 0.3 is 6.09 Å². The van der Waals surface area contributed by atoms with Crippen LogP contribution in [0.4, 0.5) is 10.5 Å². The molecule has 0 spiro atoms. The fourth-order valence-corrected chi connectivity index (χ4v) is 5.90. The summed E-state index contributed by atoms with van der Waals surface area (Å²) in [5.41, 5.74) is 2.31. The average molecular weight is 511 g/mol. The molecule has 9 nitrogen and oxygen atoms in total. The van der Waals surface area contributed by atoms with E-state index in [0.29, 0.717) is 18.5 Å². The Kier molecular flexibility index (Phi) is 7.82. The van der Waals surface area contributed by atoms with Gasteiger partial charge in [0.25, 0.3) is 5.69 Å².